The van der Waals surface area contributed by atoms with Crippen molar-refractivity contribution in [2.45, 2.75) is 88.9 Å². The molecule has 0 amide bonds. The minimum atomic E-state index is -0.00995. The highest BCUT2D eigenvalue weighted by atomic mass is 16.3. The fourth-order valence-corrected chi connectivity index (χ4v) is 13.3. The molecular formula is C56H49N3O2. The molecule has 61 heavy (non-hydrogen) atoms. The van der Waals surface area contributed by atoms with Crippen molar-refractivity contribution in [2.24, 2.45) is 17.8 Å². The number of para-hydroxylation sites is 4. The summed E-state index contributed by atoms with van der Waals surface area (Å²) in [6.45, 7) is 5.02. The first-order valence-corrected chi connectivity index (χ1v) is 22.8. The standard InChI is InChI=1S/C56H49N3O2/c1-33-26-35-27-34(2)31-55(30-33,32-35)37-21-23-39-38-22-20-36(28-46(38)56(47(39)29-37)24-8-3-9-25-56)52-57-53(44-16-10-14-42-40-12-4-6-18-48(40)60-50(42)44)59-54(58-52)45-17-11-15-43-41-13-5-7-19-49(41)61-51(43)45/h4-7,10-23,28-29,33-35H,3,8-9,24-27,30-32H2,1-2H3. The van der Waals surface area contributed by atoms with Crippen LogP contribution in [0.15, 0.2) is 130 Å². The summed E-state index contributed by atoms with van der Waals surface area (Å²) in [5, 5.41) is 4.25. The van der Waals surface area contributed by atoms with E-state index in [0.29, 0.717) is 22.9 Å². The molecule has 3 heterocycles. The van der Waals surface area contributed by atoms with Gasteiger partial charge in [0.15, 0.2) is 17.5 Å². The van der Waals surface area contributed by atoms with Gasteiger partial charge in [0, 0.05) is 32.5 Å². The van der Waals surface area contributed by atoms with Gasteiger partial charge in [0.2, 0.25) is 0 Å². The van der Waals surface area contributed by atoms with Gasteiger partial charge in [0.05, 0.1) is 11.1 Å². The highest BCUT2D eigenvalue weighted by molar-refractivity contribution is 6.10. The number of aromatic nitrogens is 3. The molecule has 6 aromatic carbocycles. The Bertz CT molecular complexity index is 3090. The van der Waals surface area contributed by atoms with E-state index in [9.17, 15) is 0 Å². The van der Waals surface area contributed by atoms with E-state index < -0.39 is 0 Å². The molecule has 0 saturated heterocycles. The third kappa shape index (κ3) is 5.35. The zero-order valence-electron chi connectivity index (χ0n) is 35.0. The first-order chi connectivity index (χ1) is 29.9. The van der Waals surface area contributed by atoms with Crippen molar-refractivity contribution < 1.29 is 8.83 Å². The van der Waals surface area contributed by atoms with Gasteiger partial charge in [-0.25, -0.2) is 15.0 Å². The van der Waals surface area contributed by atoms with E-state index in [1.54, 1.807) is 11.1 Å². The van der Waals surface area contributed by atoms with Gasteiger partial charge in [-0.05, 0) is 126 Å². The second-order valence-electron chi connectivity index (χ2n) is 19.5. The SMILES string of the molecule is CC1CC2CC(C)CC(c3ccc4c(c3)C3(CCCCC3)c3cc(-c5nc(-c6cccc7c6oc6ccccc67)nc(-c6cccc7c6oc6ccccc67)n5)ccc3-4)(C1)C2. The number of fused-ring (bicyclic) bond motifs is 13. The first kappa shape index (κ1) is 35.7. The second-order valence-corrected chi connectivity index (χ2v) is 19.5. The van der Waals surface area contributed by atoms with Crippen LogP contribution >= 0.6 is 0 Å². The molecule has 9 aromatic rings. The Hall–Kier alpha value is -6.07. The summed E-state index contributed by atoms with van der Waals surface area (Å²) in [5.74, 6) is 4.26. The number of furan rings is 2. The van der Waals surface area contributed by atoms with E-state index in [1.807, 2.05) is 24.3 Å². The van der Waals surface area contributed by atoms with Crippen molar-refractivity contribution >= 4 is 43.9 Å². The largest absolute Gasteiger partial charge is 0.455 e. The molecular weight excluding hydrogens is 747 g/mol. The Morgan fingerprint density at radius 3 is 1.66 bits per heavy atom. The van der Waals surface area contributed by atoms with Gasteiger partial charge in [0.25, 0.3) is 0 Å². The van der Waals surface area contributed by atoms with Crippen molar-refractivity contribution in [1.29, 1.82) is 0 Å². The van der Waals surface area contributed by atoms with E-state index >= 15 is 0 Å². The zero-order chi connectivity index (χ0) is 40.5. The van der Waals surface area contributed by atoms with E-state index in [0.717, 1.165) is 78.3 Å². The van der Waals surface area contributed by atoms with Crippen molar-refractivity contribution in [3.05, 3.63) is 138 Å². The maximum Gasteiger partial charge on any atom is 0.167 e. The Balaban J connectivity index is 0.998. The topological polar surface area (TPSA) is 65.0 Å². The van der Waals surface area contributed by atoms with Crippen LogP contribution in [-0.4, -0.2) is 15.0 Å². The summed E-state index contributed by atoms with van der Waals surface area (Å²) in [6.07, 6.45) is 13.0. The fourth-order valence-electron chi connectivity index (χ4n) is 13.3. The van der Waals surface area contributed by atoms with Crippen LogP contribution in [0.2, 0.25) is 0 Å². The maximum absolute atomic E-state index is 6.58. The molecule has 3 aromatic heterocycles. The average Bonchev–Trinajstić information content (AvgIpc) is 3.94. The van der Waals surface area contributed by atoms with Gasteiger partial charge in [-0.15, -0.1) is 0 Å². The Morgan fingerprint density at radius 1 is 0.492 bits per heavy atom. The molecule has 1 spiro atoms. The molecule has 4 aliphatic carbocycles. The summed E-state index contributed by atoms with van der Waals surface area (Å²) < 4.78 is 13.2. The molecule has 300 valence electrons. The third-order valence-corrected chi connectivity index (χ3v) is 15.5. The number of rotatable bonds is 4. The number of benzene rings is 6. The van der Waals surface area contributed by atoms with Crippen LogP contribution < -0.4 is 0 Å². The number of hydrogen-bond acceptors (Lipinski definition) is 5. The van der Waals surface area contributed by atoms with Crippen LogP contribution in [0.3, 0.4) is 0 Å². The molecule has 3 fully saturated rings. The second kappa shape index (κ2) is 13.2. The van der Waals surface area contributed by atoms with Gasteiger partial charge in [-0.2, -0.15) is 0 Å². The number of nitrogens with zero attached hydrogens (tertiary/aromatic N) is 3. The lowest BCUT2D eigenvalue weighted by Crippen LogP contribution is -2.42. The van der Waals surface area contributed by atoms with Crippen LogP contribution in [0.1, 0.15) is 94.7 Å². The van der Waals surface area contributed by atoms with Crippen LogP contribution in [0.5, 0.6) is 0 Å². The molecule has 2 atom stereocenters. The predicted octanol–water partition coefficient (Wildman–Crippen LogP) is 15.0. The molecule has 2 bridgehead atoms. The first-order valence-electron chi connectivity index (χ1n) is 22.8. The minimum absolute atomic E-state index is 0.00995. The molecule has 13 rings (SSSR count). The summed E-state index contributed by atoms with van der Waals surface area (Å²) in [6, 6.07) is 43.8. The van der Waals surface area contributed by atoms with Crippen LogP contribution in [-0.2, 0) is 10.8 Å². The summed E-state index contributed by atoms with van der Waals surface area (Å²) in [7, 11) is 0. The van der Waals surface area contributed by atoms with Crippen LogP contribution in [0.25, 0.3) is 89.2 Å². The number of hydrogen-bond donors (Lipinski definition) is 0. The Labute approximate surface area is 356 Å². The van der Waals surface area contributed by atoms with Crippen molar-refractivity contribution in [1.82, 2.24) is 15.0 Å². The summed E-state index contributed by atoms with van der Waals surface area (Å²) in [5.41, 5.74) is 13.7. The lowest BCUT2D eigenvalue weighted by Gasteiger charge is -2.51. The molecule has 2 unspecified atom stereocenters. The van der Waals surface area contributed by atoms with Gasteiger partial charge < -0.3 is 8.83 Å². The predicted molar refractivity (Wildman–Crippen MR) is 247 cm³/mol. The summed E-state index contributed by atoms with van der Waals surface area (Å²) in [4.78, 5) is 16.0. The van der Waals surface area contributed by atoms with Gasteiger partial charge in [-0.1, -0.05) is 124 Å². The highest BCUT2D eigenvalue weighted by Crippen LogP contribution is 2.59. The van der Waals surface area contributed by atoms with E-state index in [4.69, 9.17) is 23.8 Å². The molecule has 0 N–H and O–H groups in total. The lowest BCUT2D eigenvalue weighted by molar-refractivity contribution is 0.0779. The molecule has 0 radical (unpaired) electrons. The molecule has 5 nitrogen and oxygen atoms in total. The van der Waals surface area contributed by atoms with Crippen LogP contribution in [0, 0.1) is 17.8 Å². The van der Waals surface area contributed by atoms with E-state index in [2.05, 4.69) is 111 Å². The minimum Gasteiger partial charge on any atom is -0.455 e. The van der Waals surface area contributed by atoms with E-state index in [-0.39, 0.29) is 5.41 Å². The zero-order valence-corrected chi connectivity index (χ0v) is 35.0. The molecule has 0 aliphatic heterocycles. The lowest BCUT2D eigenvalue weighted by atomic mass is 9.54. The van der Waals surface area contributed by atoms with Crippen LogP contribution in [0.4, 0.5) is 0 Å². The monoisotopic (exact) mass is 795 g/mol. The van der Waals surface area contributed by atoms with Gasteiger partial charge in [-0.3, -0.25) is 0 Å². The van der Waals surface area contributed by atoms with Crippen molar-refractivity contribution in [3.8, 4) is 45.3 Å². The third-order valence-electron chi connectivity index (χ3n) is 15.5. The van der Waals surface area contributed by atoms with Gasteiger partial charge in [0.1, 0.15) is 22.3 Å². The maximum atomic E-state index is 6.58. The molecule has 4 aliphatic rings. The highest BCUT2D eigenvalue weighted by Gasteiger charge is 2.48. The smallest absolute Gasteiger partial charge is 0.167 e. The summed E-state index contributed by atoms with van der Waals surface area (Å²) >= 11 is 0. The molecule has 5 heteroatoms. The van der Waals surface area contributed by atoms with Crippen molar-refractivity contribution in [2.75, 3.05) is 0 Å². The Morgan fingerprint density at radius 2 is 1.03 bits per heavy atom. The molecule has 3 saturated carbocycles. The normalized spacial score (nSPS) is 23.0. The Kier molecular flexibility index (Phi) is 7.73. The fraction of sp³-hybridized carbons (Fsp3) is 0.304. The van der Waals surface area contributed by atoms with E-state index in [1.165, 1.54) is 80.9 Å². The van der Waals surface area contributed by atoms with Gasteiger partial charge >= 0.3 is 0 Å². The van der Waals surface area contributed by atoms with Crippen molar-refractivity contribution in [3.63, 3.8) is 0 Å². The quantitative estimate of drug-likeness (QED) is 0.177. The average molecular weight is 796 g/mol.